The molecule has 19 heavy (non-hydrogen) atoms. The molecule has 0 bridgehead atoms. The van der Waals surface area contributed by atoms with Crippen LogP contribution >= 0.6 is 15.9 Å². The van der Waals surface area contributed by atoms with Gasteiger partial charge in [-0.15, -0.1) is 0 Å². The number of aryl methyl sites for hydroxylation is 1. The summed E-state index contributed by atoms with van der Waals surface area (Å²) in [5, 5.41) is 2.35. The van der Waals surface area contributed by atoms with Crippen molar-refractivity contribution >= 4 is 27.5 Å². The second-order valence-corrected chi connectivity index (χ2v) is 4.89. The average molecular weight is 326 g/mol. The first kappa shape index (κ1) is 13.7. The Hall–Kier alpha value is -1.75. The average Bonchev–Trinajstić information content (AvgIpc) is 2.32. The standard InChI is InChI=1S/C14H10BrF2NO/c1-8-5-6-12(11(17)7-8)18-14(19)13-9(15)3-2-4-10(13)16/h2-7H,1H3,(H,18,19). The lowest BCUT2D eigenvalue weighted by Crippen LogP contribution is -2.15. The number of carbonyl (C=O) groups is 1. The molecule has 0 aliphatic heterocycles. The maximum Gasteiger partial charge on any atom is 0.259 e. The normalized spacial score (nSPS) is 10.3. The van der Waals surface area contributed by atoms with Crippen molar-refractivity contribution in [2.75, 3.05) is 5.32 Å². The molecule has 2 aromatic carbocycles. The van der Waals surface area contributed by atoms with E-state index < -0.39 is 17.5 Å². The third-order valence-electron chi connectivity index (χ3n) is 2.56. The molecule has 0 aliphatic rings. The fourth-order valence-corrected chi connectivity index (χ4v) is 2.14. The van der Waals surface area contributed by atoms with Gasteiger partial charge in [0.25, 0.3) is 5.91 Å². The molecule has 0 radical (unpaired) electrons. The van der Waals surface area contributed by atoms with Crippen LogP contribution in [-0.2, 0) is 0 Å². The molecule has 0 unspecified atom stereocenters. The van der Waals surface area contributed by atoms with Gasteiger partial charge in [-0.2, -0.15) is 0 Å². The zero-order chi connectivity index (χ0) is 14.0. The van der Waals surface area contributed by atoms with Crippen LogP contribution in [0.25, 0.3) is 0 Å². The summed E-state index contributed by atoms with van der Waals surface area (Å²) in [6, 6.07) is 8.59. The fraction of sp³-hybridized carbons (Fsp3) is 0.0714. The third kappa shape index (κ3) is 2.98. The first-order chi connectivity index (χ1) is 8.99. The summed E-state index contributed by atoms with van der Waals surface area (Å²) in [6.07, 6.45) is 0. The number of benzene rings is 2. The highest BCUT2D eigenvalue weighted by atomic mass is 79.9. The molecule has 0 atom stereocenters. The molecule has 2 nitrogen and oxygen atoms in total. The maximum absolute atomic E-state index is 13.6. The van der Waals surface area contributed by atoms with Gasteiger partial charge in [-0.3, -0.25) is 4.79 Å². The Balaban J connectivity index is 2.31. The first-order valence-electron chi connectivity index (χ1n) is 5.50. The van der Waals surface area contributed by atoms with Gasteiger partial charge in [0.15, 0.2) is 0 Å². The molecular weight excluding hydrogens is 316 g/mol. The molecule has 0 saturated carbocycles. The number of hydrogen-bond donors (Lipinski definition) is 1. The molecule has 1 N–H and O–H groups in total. The highest BCUT2D eigenvalue weighted by molar-refractivity contribution is 9.10. The van der Waals surface area contributed by atoms with Crippen LogP contribution in [0.2, 0.25) is 0 Å². The van der Waals surface area contributed by atoms with Crippen molar-refractivity contribution in [2.45, 2.75) is 6.92 Å². The van der Waals surface area contributed by atoms with Gasteiger partial charge in [0, 0.05) is 4.47 Å². The number of halogens is 3. The summed E-state index contributed by atoms with van der Waals surface area (Å²) in [4.78, 5) is 11.9. The Morgan fingerprint density at radius 3 is 2.53 bits per heavy atom. The van der Waals surface area contributed by atoms with Crippen LogP contribution in [0.1, 0.15) is 15.9 Å². The second kappa shape index (κ2) is 5.48. The summed E-state index contributed by atoms with van der Waals surface area (Å²) in [5.74, 6) is -1.92. The van der Waals surface area contributed by atoms with E-state index in [2.05, 4.69) is 21.2 Å². The van der Waals surface area contributed by atoms with E-state index in [1.165, 1.54) is 24.3 Å². The largest absolute Gasteiger partial charge is 0.319 e. The molecule has 0 heterocycles. The second-order valence-electron chi connectivity index (χ2n) is 4.03. The van der Waals surface area contributed by atoms with Gasteiger partial charge in [0.2, 0.25) is 0 Å². The number of rotatable bonds is 2. The molecule has 1 amide bonds. The van der Waals surface area contributed by atoms with Gasteiger partial charge in [-0.1, -0.05) is 12.1 Å². The van der Waals surface area contributed by atoms with Crippen LogP contribution in [0.15, 0.2) is 40.9 Å². The molecule has 0 spiro atoms. The van der Waals surface area contributed by atoms with Crippen molar-refractivity contribution in [3.63, 3.8) is 0 Å². The molecular formula is C14H10BrF2NO. The van der Waals surface area contributed by atoms with Crippen LogP contribution in [0.3, 0.4) is 0 Å². The molecule has 5 heteroatoms. The van der Waals surface area contributed by atoms with Gasteiger partial charge in [0.1, 0.15) is 11.6 Å². The zero-order valence-electron chi connectivity index (χ0n) is 10.0. The van der Waals surface area contributed by atoms with E-state index in [1.807, 2.05) is 0 Å². The van der Waals surface area contributed by atoms with E-state index in [0.29, 0.717) is 4.47 Å². The topological polar surface area (TPSA) is 29.1 Å². The summed E-state index contributed by atoms with van der Waals surface area (Å²) in [7, 11) is 0. The lowest BCUT2D eigenvalue weighted by Gasteiger charge is -2.09. The molecule has 2 aromatic rings. The Kier molecular flexibility index (Phi) is 3.95. The van der Waals surface area contributed by atoms with Gasteiger partial charge in [0.05, 0.1) is 11.3 Å². The van der Waals surface area contributed by atoms with Gasteiger partial charge < -0.3 is 5.32 Å². The van der Waals surface area contributed by atoms with E-state index >= 15 is 0 Å². The molecule has 0 aliphatic carbocycles. The van der Waals surface area contributed by atoms with Crippen LogP contribution in [0.5, 0.6) is 0 Å². The van der Waals surface area contributed by atoms with E-state index in [4.69, 9.17) is 0 Å². The fourth-order valence-electron chi connectivity index (χ4n) is 1.62. The number of amides is 1. The molecule has 0 fully saturated rings. The van der Waals surface area contributed by atoms with Gasteiger partial charge >= 0.3 is 0 Å². The molecule has 0 aromatic heterocycles. The quantitative estimate of drug-likeness (QED) is 0.876. The van der Waals surface area contributed by atoms with E-state index in [1.54, 1.807) is 19.1 Å². The van der Waals surface area contributed by atoms with Crippen molar-refractivity contribution < 1.29 is 13.6 Å². The SMILES string of the molecule is Cc1ccc(NC(=O)c2c(F)cccc2Br)c(F)c1. The van der Waals surface area contributed by atoms with E-state index in [9.17, 15) is 13.6 Å². The van der Waals surface area contributed by atoms with Crippen LogP contribution in [0, 0.1) is 18.6 Å². The molecule has 2 rings (SSSR count). The minimum Gasteiger partial charge on any atom is -0.319 e. The van der Waals surface area contributed by atoms with Gasteiger partial charge in [-0.25, -0.2) is 8.78 Å². The summed E-state index contributed by atoms with van der Waals surface area (Å²) < 4.78 is 27.5. The Bertz CT molecular complexity index is 623. The Morgan fingerprint density at radius 2 is 1.89 bits per heavy atom. The van der Waals surface area contributed by atoms with E-state index in [0.717, 1.165) is 5.56 Å². The van der Waals surface area contributed by atoms with Crippen LogP contribution < -0.4 is 5.32 Å². The van der Waals surface area contributed by atoms with Crippen molar-refractivity contribution in [3.8, 4) is 0 Å². The third-order valence-corrected chi connectivity index (χ3v) is 3.22. The predicted octanol–water partition coefficient (Wildman–Crippen LogP) is 4.29. The summed E-state index contributed by atoms with van der Waals surface area (Å²) in [6.45, 7) is 1.74. The lowest BCUT2D eigenvalue weighted by atomic mass is 10.1. The summed E-state index contributed by atoms with van der Waals surface area (Å²) >= 11 is 3.10. The van der Waals surface area contributed by atoms with Crippen molar-refractivity contribution in [2.24, 2.45) is 0 Å². The van der Waals surface area contributed by atoms with E-state index in [-0.39, 0.29) is 11.3 Å². The zero-order valence-corrected chi connectivity index (χ0v) is 11.6. The predicted molar refractivity (Wildman–Crippen MR) is 73.2 cm³/mol. The number of hydrogen-bond acceptors (Lipinski definition) is 1. The van der Waals surface area contributed by atoms with Crippen LogP contribution in [0.4, 0.5) is 14.5 Å². The maximum atomic E-state index is 13.6. The smallest absolute Gasteiger partial charge is 0.259 e. The highest BCUT2D eigenvalue weighted by Gasteiger charge is 2.16. The molecule has 0 saturated heterocycles. The highest BCUT2D eigenvalue weighted by Crippen LogP contribution is 2.22. The van der Waals surface area contributed by atoms with Crippen LogP contribution in [-0.4, -0.2) is 5.91 Å². The van der Waals surface area contributed by atoms with Crippen molar-refractivity contribution in [1.29, 1.82) is 0 Å². The number of nitrogens with one attached hydrogen (secondary N) is 1. The first-order valence-corrected chi connectivity index (χ1v) is 6.30. The number of anilines is 1. The number of carbonyl (C=O) groups excluding carboxylic acids is 1. The minimum absolute atomic E-state index is 0.0192. The van der Waals surface area contributed by atoms with Crippen molar-refractivity contribution in [3.05, 3.63) is 63.6 Å². The van der Waals surface area contributed by atoms with Crippen molar-refractivity contribution in [1.82, 2.24) is 0 Å². The minimum atomic E-state index is -0.701. The Morgan fingerprint density at radius 1 is 1.16 bits per heavy atom. The van der Waals surface area contributed by atoms with Gasteiger partial charge in [-0.05, 0) is 52.7 Å². The Labute approximate surface area is 117 Å². The summed E-state index contributed by atoms with van der Waals surface area (Å²) in [5.41, 5.74) is 0.607. The monoisotopic (exact) mass is 325 g/mol. The molecule has 98 valence electrons. The lowest BCUT2D eigenvalue weighted by molar-refractivity contribution is 0.102.